The SMILES string of the molecule is O=C(CN(c1ccc(Cl)c(C(F)(F)F)c1)S(=O)(=O)c1ccccc1)NCc1ccco1. The zero-order valence-electron chi connectivity index (χ0n) is 15.8. The Hall–Kier alpha value is -2.98. The normalized spacial score (nSPS) is 11.9. The second kappa shape index (κ2) is 9.03. The number of anilines is 1. The van der Waals surface area contributed by atoms with Crippen molar-refractivity contribution in [2.45, 2.75) is 17.6 Å². The lowest BCUT2D eigenvalue weighted by Gasteiger charge is -2.25. The molecule has 1 heterocycles. The van der Waals surface area contributed by atoms with Gasteiger partial charge in [0, 0.05) is 0 Å². The topological polar surface area (TPSA) is 79.6 Å². The van der Waals surface area contributed by atoms with Crippen LogP contribution in [0.2, 0.25) is 5.02 Å². The summed E-state index contributed by atoms with van der Waals surface area (Å²) < 4.78 is 71.9. The molecule has 3 aromatic rings. The van der Waals surface area contributed by atoms with Crippen molar-refractivity contribution in [3.05, 3.63) is 83.3 Å². The molecule has 0 bridgehead atoms. The van der Waals surface area contributed by atoms with Crippen molar-refractivity contribution in [3.8, 4) is 0 Å². The first kappa shape index (κ1) is 22.7. The Kier molecular flexibility index (Phi) is 6.61. The molecule has 0 aliphatic heterocycles. The second-order valence-electron chi connectivity index (χ2n) is 6.34. The van der Waals surface area contributed by atoms with Crippen LogP contribution in [0.1, 0.15) is 11.3 Å². The number of sulfonamides is 1. The van der Waals surface area contributed by atoms with Gasteiger partial charge in [-0.2, -0.15) is 13.2 Å². The summed E-state index contributed by atoms with van der Waals surface area (Å²) in [6, 6.07) is 12.9. The van der Waals surface area contributed by atoms with Crippen molar-refractivity contribution < 1.29 is 30.8 Å². The number of alkyl halides is 3. The molecule has 0 atom stereocenters. The minimum atomic E-state index is -4.81. The molecule has 164 valence electrons. The number of nitrogens with one attached hydrogen (secondary N) is 1. The summed E-state index contributed by atoms with van der Waals surface area (Å²) in [5.74, 6) is -0.309. The fraction of sp³-hybridized carbons (Fsp3) is 0.150. The molecule has 0 saturated carbocycles. The molecule has 1 aromatic heterocycles. The van der Waals surface area contributed by atoms with E-state index in [-0.39, 0.29) is 17.1 Å². The zero-order chi connectivity index (χ0) is 22.6. The van der Waals surface area contributed by atoms with Gasteiger partial charge in [-0.15, -0.1) is 0 Å². The van der Waals surface area contributed by atoms with Crippen LogP contribution in [-0.4, -0.2) is 20.9 Å². The first-order valence-electron chi connectivity index (χ1n) is 8.82. The van der Waals surface area contributed by atoms with Gasteiger partial charge in [-0.25, -0.2) is 8.42 Å². The average molecular weight is 473 g/mol. The van der Waals surface area contributed by atoms with E-state index >= 15 is 0 Å². The van der Waals surface area contributed by atoms with Gasteiger partial charge in [-0.1, -0.05) is 29.8 Å². The van der Waals surface area contributed by atoms with Crippen LogP contribution < -0.4 is 9.62 Å². The van der Waals surface area contributed by atoms with Gasteiger partial charge in [0.25, 0.3) is 10.0 Å². The number of hydrogen-bond acceptors (Lipinski definition) is 4. The summed E-state index contributed by atoms with van der Waals surface area (Å²) in [6.07, 6.45) is -3.41. The maximum atomic E-state index is 13.3. The van der Waals surface area contributed by atoms with E-state index in [1.54, 1.807) is 18.2 Å². The monoisotopic (exact) mass is 472 g/mol. The standard InChI is InChI=1S/C20H16ClF3N2O4S/c21-18-9-8-14(11-17(18)20(22,23)24)26(31(28,29)16-6-2-1-3-7-16)13-19(27)25-12-15-5-4-10-30-15/h1-11H,12-13H2,(H,25,27). The lowest BCUT2D eigenvalue weighted by molar-refractivity contribution is -0.137. The van der Waals surface area contributed by atoms with Crippen LogP contribution in [0, 0.1) is 0 Å². The van der Waals surface area contributed by atoms with E-state index in [0.29, 0.717) is 16.1 Å². The fourth-order valence-electron chi connectivity index (χ4n) is 2.71. The van der Waals surface area contributed by atoms with Crippen molar-refractivity contribution in [3.63, 3.8) is 0 Å². The highest BCUT2D eigenvalue weighted by molar-refractivity contribution is 7.92. The highest BCUT2D eigenvalue weighted by atomic mass is 35.5. The highest BCUT2D eigenvalue weighted by Crippen LogP contribution is 2.37. The van der Waals surface area contributed by atoms with Gasteiger partial charge in [0.15, 0.2) is 0 Å². The number of hydrogen-bond donors (Lipinski definition) is 1. The molecule has 1 amide bonds. The van der Waals surface area contributed by atoms with Crippen molar-refractivity contribution in [2.75, 3.05) is 10.8 Å². The number of rotatable bonds is 7. The molecule has 1 N–H and O–H groups in total. The Labute approximate surface area is 181 Å². The van der Waals surface area contributed by atoms with Crippen molar-refractivity contribution in [1.29, 1.82) is 0 Å². The Morgan fingerprint density at radius 1 is 1.06 bits per heavy atom. The quantitative estimate of drug-likeness (QED) is 0.550. The predicted molar refractivity (Wildman–Crippen MR) is 108 cm³/mol. The predicted octanol–water partition coefficient (Wildman–Crippen LogP) is 4.46. The summed E-state index contributed by atoms with van der Waals surface area (Å²) in [5.41, 5.74) is -1.57. The van der Waals surface area contributed by atoms with Crippen molar-refractivity contribution in [2.24, 2.45) is 0 Å². The lowest BCUT2D eigenvalue weighted by atomic mass is 10.2. The number of carbonyl (C=O) groups is 1. The molecular weight excluding hydrogens is 457 g/mol. The molecule has 0 saturated heterocycles. The Balaban J connectivity index is 1.98. The average Bonchev–Trinajstić information content (AvgIpc) is 3.24. The maximum absolute atomic E-state index is 13.3. The Morgan fingerprint density at radius 2 is 1.77 bits per heavy atom. The van der Waals surface area contributed by atoms with Crippen molar-refractivity contribution in [1.82, 2.24) is 5.32 Å². The highest BCUT2D eigenvalue weighted by Gasteiger charge is 2.35. The van der Waals surface area contributed by atoms with Crippen LogP contribution in [-0.2, 0) is 27.5 Å². The third-order valence-corrected chi connectivity index (χ3v) is 6.32. The van der Waals surface area contributed by atoms with E-state index in [1.165, 1.54) is 30.5 Å². The molecule has 2 aromatic carbocycles. The second-order valence-corrected chi connectivity index (χ2v) is 8.61. The largest absolute Gasteiger partial charge is 0.467 e. The number of benzene rings is 2. The van der Waals surface area contributed by atoms with Crippen LogP contribution >= 0.6 is 11.6 Å². The molecule has 0 aliphatic carbocycles. The molecule has 0 spiro atoms. The van der Waals surface area contributed by atoms with E-state index < -0.39 is 39.2 Å². The van der Waals surface area contributed by atoms with E-state index in [9.17, 15) is 26.4 Å². The van der Waals surface area contributed by atoms with Crippen LogP contribution in [0.25, 0.3) is 0 Å². The minimum absolute atomic E-state index is 0.0144. The Bertz CT molecular complexity index is 1150. The van der Waals surface area contributed by atoms with Gasteiger partial charge in [-0.05, 0) is 42.5 Å². The number of furan rings is 1. The summed E-state index contributed by atoms with van der Waals surface area (Å²) in [7, 11) is -4.36. The van der Waals surface area contributed by atoms with Gasteiger partial charge < -0.3 is 9.73 Å². The molecule has 0 aliphatic rings. The van der Waals surface area contributed by atoms with Gasteiger partial charge in [0.05, 0.1) is 34.0 Å². The molecule has 11 heteroatoms. The van der Waals surface area contributed by atoms with Gasteiger partial charge in [0.1, 0.15) is 12.3 Å². The molecule has 3 rings (SSSR count). The number of nitrogens with zero attached hydrogens (tertiary/aromatic N) is 1. The molecule has 0 fully saturated rings. The minimum Gasteiger partial charge on any atom is -0.467 e. The summed E-state index contributed by atoms with van der Waals surface area (Å²) >= 11 is 5.65. The third-order valence-electron chi connectivity index (χ3n) is 4.20. The molecule has 0 unspecified atom stereocenters. The van der Waals surface area contributed by atoms with Crippen LogP contribution in [0.15, 0.2) is 76.2 Å². The van der Waals surface area contributed by atoms with Gasteiger partial charge >= 0.3 is 6.18 Å². The summed E-state index contributed by atoms with van der Waals surface area (Å²) in [6.45, 7) is -0.768. The maximum Gasteiger partial charge on any atom is 0.417 e. The summed E-state index contributed by atoms with van der Waals surface area (Å²) in [4.78, 5) is 12.3. The number of halogens is 4. The smallest absolute Gasteiger partial charge is 0.417 e. The Morgan fingerprint density at radius 3 is 2.39 bits per heavy atom. The first-order valence-corrected chi connectivity index (χ1v) is 10.6. The van der Waals surface area contributed by atoms with Crippen molar-refractivity contribution >= 4 is 33.2 Å². The van der Waals surface area contributed by atoms with E-state index in [2.05, 4.69) is 5.32 Å². The summed E-state index contributed by atoms with van der Waals surface area (Å²) in [5, 5.41) is 1.89. The molecule has 0 radical (unpaired) electrons. The lowest BCUT2D eigenvalue weighted by Crippen LogP contribution is -2.40. The number of amides is 1. The zero-order valence-corrected chi connectivity index (χ0v) is 17.3. The van der Waals surface area contributed by atoms with E-state index in [0.717, 1.165) is 12.1 Å². The fourth-order valence-corrected chi connectivity index (χ4v) is 4.36. The first-order chi connectivity index (χ1) is 14.6. The third kappa shape index (κ3) is 5.39. The molecule has 6 nitrogen and oxygen atoms in total. The van der Waals surface area contributed by atoms with Crippen LogP contribution in [0.4, 0.5) is 18.9 Å². The van der Waals surface area contributed by atoms with Gasteiger partial charge in [-0.3, -0.25) is 9.10 Å². The van der Waals surface area contributed by atoms with E-state index in [4.69, 9.17) is 16.0 Å². The van der Waals surface area contributed by atoms with E-state index in [1.807, 2.05) is 0 Å². The molecular formula is C20H16ClF3N2O4S. The van der Waals surface area contributed by atoms with Crippen LogP contribution in [0.3, 0.4) is 0 Å². The molecule has 31 heavy (non-hydrogen) atoms. The van der Waals surface area contributed by atoms with Crippen LogP contribution in [0.5, 0.6) is 0 Å². The van der Waals surface area contributed by atoms with Gasteiger partial charge in [0.2, 0.25) is 5.91 Å². The number of carbonyl (C=O) groups excluding carboxylic acids is 1.